The lowest BCUT2D eigenvalue weighted by Crippen LogP contribution is -2.31. The van der Waals surface area contributed by atoms with Gasteiger partial charge in [0.25, 0.3) is 10.2 Å². The molecule has 0 saturated heterocycles. The zero-order valence-electron chi connectivity index (χ0n) is 17.5. The summed E-state index contributed by atoms with van der Waals surface area (Å²) in [5, 5.41) is 8.16. The number of likely N-dealkylation sites (N-methyl/N-ethyl adjacent to an activating group) is 1. The van der Waals surface area contributed by atoms with Crippen LogP contribution in [0.4, 0.5) is 17.1 Å². The monoisotopic (exact) mass is 400 g/mol. The summed E-state index contributed by atoms with van der Waals surface area (Å²) in [5.41, 5.74) is 3.33. The molecule has 0 spiro atoms. The number of methoxy groups -OCH3 is 1. The molecule has 8 nitrogen and oxygen atoms in total. The topological polar surface area (TPSA) is 114 Å². The predicted molar refractivity (Wildman–Crippen MR) is 111 cm³/mol. The molecular weight excluding hydrogens is 368 g/mol. The van der Waals surface area contributed by atoms with Crippen LogP contribution in [0.25, 0.3) is 0 Å². The SMILES string of the molecule is COCCN(C)c1c(C)c(C)c(NS(N)(=O)=O)c(C)c1NC(=O)C(C)(C)C. The molecule has 0 unspecified atom stereocenters. The number of benzene rings is 1. The molecule has 0 bridgehead atoms. The van der Waals surface area contributed by atoms with E-state index in [4.69, 9.17) is 9.88 Å². The highest BCUT2D eigenvalue weighted by Gasteiger charge is 2.27. The van der Waals surface area contributed by atoms with Gasteiger partial charge >= 0.3 is 0 Å². The summed E-state index contributed by atoms with van der Waals surface area (Å²) in [6, 6.07) is 0. The molecule has 0 radical (unpaired) electrons. The minimum absolute atomic E-state index is 0.170. The molecular formula is C18H32N4O4S. The number of carbonyl (C=O) groups excluding carboxylic acids is 1. The van der Waals surface area contributed by atoms with Crippen LogP contribution >= 0.6 is 0 Å². The van der Waals surface area contributed by atoms with Gasteiger partial charge in [-0.25, -0.2) is 5.14 Å². The Bertz CT molecular complexity index is 814. The van der Waals surface area contributed by atoms with Crippen molar-refractivity contribution in [2.75, 3.05) is 42.2 Å². The van der Waals surface area contributed by atoms with Crippen LogP contribution in [0.15, 0.2) is 0 Å². The summed E-state index contributed by atoms with van der Waals surface area (Å²) < 4.78 is 30.8. The Hall–Kier alpha value is -1.84. The van der Waals surface area contributed by atoms with Crippen LogP contribution in [-0.2, 0) is 19.7 Å². The van der Waals surface area contributed by atoms with E-state index in [0.29, 0.717) is 30.1 Å². The van der Waals surface area contributed by atoms with E-state index in [1.54, 1.807) is 14.0 Å². The summed E-state index contributed by atoms with van der Waals surface area (Å²) in [6.07, 6.45) is 0. The molecule has 1 aromatic rings. The fraction of sp³-hybridized carbons (Fsp3) is 0.611. The lowest BCUT2D eigenvalue weighted by molar-refractivity contribution is -0.123. The van der Waals surface area contributed by atoms with Gasteiger partial charge in [0, 0.05) is 26.1 Å². The number of nitrogens with two attached hydrogens (primary N) is 1. The Morgan fingerprint density at radius 3 is 2.11 bits per heavy atom. The number of hydrogen-bond acceptors (Lipinski definition) is 5. The Morgan fingerprint density at radius 1 is 1.11 bits per heavy atom. The number of hydrogen-bond donors (Lipinski definition) is 3. The summed E-state index contributed by atoms with van der Waals surface area (Å²) in [4.78, 5) is 14.6. The van der Waals surface area contributed by atoms with Crippen molar-refractivity contribution in [3.05, 3.63) is 16.7 Å². The lowest BCUT2D eigenvalue weighted by atomic mass is 9.93. The molecule has 0 saturated carbocycles. The van der Waals surface area contributed by atoms with Crippen molar-refractivity contribution >= 4 is 33.2 Å². The molecule has 0 atom stereocenters. The van der Waals surface area contributed by atoms with E-state index in [2.05, 4.69) is 10.0 Å². The minimum Gasteiger partial charge on any atom is -0.383 e. The van der Waals surface area contributed by atoms with Crippen molar-refractivity contribution in [3.63, 3.8) is 0 Å². The molecule has 9 heteroatoms. The van der Waals surface area contributed by atoms with Gasteiger partial charge < -0.3 is 15.0 Å². The molecule has 0 aromatic heterocycles. The van der Waals surface area contributed by atoms with Crippen LogP contribution in [0.5, 0.6) is 0 Å². The quantitative estimate of drug-likeness (QED) is 0.650. The molecule has 1 amide bonds. The van der Waals surface area contributed by atoms with E-state index in [1.165, 1.54) is 0 Å². The first-order valence-corrected chi connectivity index (χ1v) is 10.2. The van der Waals surface area contributed by atoms with Gasteiger partial charge in [-0.3, -0.25) is 9.52 Å². The van der Waals surface area contributed by atoms with Crippen LogP contribution in [-0.4, -0.2) is 41.6 Å². The zero-order chi connectivity index (χ0) is 21.2. The summed E-state index contributed by atoms with van der Waals surface area (Å²) in [6.45, 7) is 12.0. The van der Waals surface area contributed by atoms with E-state index in [-0.39, 0.29) is 5.91 Å². The molecule has 0 aliphatic rings. The number of carbonyl (C=O) groups is 1. The van der Waals surface area contributed by atoms with Crippen LogP contribution in [0.3, 0.4) is 0 Å². The number of nitrogens with one attached hydrogen (secondary N) is 2. The van der Waals surface area contributed by atoms with Crippen LogP contribution in [0, 0.1) is 26.2 Å². The van der Waals surface area contributed by atoms with Gasteiger partial charge in [0.15, 0.2) is 0 Å². The van der Waals surface area contributed by atoms with Crippen molar-refractivity contribution in [2.24, 2.45) is 10.6 Å². The third-order valence-corrected chi connectivity index (χ3v) is 4.94. The second kappa shape index (κ2) is 8.45. The summed E-state index contributed by atoms with van der Waals surface area (Å²) in [7, 11) is -0.430. The largest absolute Gasteiger partial charge is 0.383 e. The fourth-order valence-electron chi connectivity index (χ4n) is 2.70. The number of ether oxygens (including phenoxy) is 1. The van der Waals surface area contributed by atoms with Gasteiger partial charge in [0.1, 0.15) is 0 Å². The van der Waals surface area contributed by atoms with E-state index in [0.717, 1.165) is 16.8 Å². The smallest absolute Gasteiger partial charge is 0.296 e. The van der Waals surface area contributed by atoms with Crippen LogP contribution < -0.4 is 20.1 Å². The standard InChI is InChI=1S/C18H32N4O4S/c1-11-12(2)16(22(7)9-10-26-8)15(20-17(23)18(4,5)6)13(3)14(11)21-27(19,24)25/h21H,9-10H2,1-8H3,(H,20,23)(H2,19,24,25). The maximum atomic E-state index is 12.7. The third kappa shape index (κ3) is 5.82. The van der Waals surface area contributed by atoms with Crippen molar-refractivity contribution in [1.82, 2.24) is 0 Å². The van der Waals surface area contributed by atoms with Crippen molar-refractivity contribution in [3.8, 4) is 0 Å². The maximum Gasteiger partial charge on any atom is 0.296 e. The molecule has 1 aromatic carbocycles. The average Bonchev–Trinajstić information content (AvgIpc) is 2.52. The maximum absolute atomic E-state index is 12.7. The molecule has 0 aliphatic heterocycles. The van der Waals surface area contributed by atoms with Gasteiger partial charge in [-0.2, -0.15) is 8.42 Å². The highest BCUT2D eigenvalue weighted by molar-refractivity contribution is 7.90. The van der Waals surface area contributed by atoms with Gasteiger partial charge in [0.05, 0.1) is 23.7 Å². The number of anilines is 3. The second-order valence-electron chi connectivity index (χ2n) is 7.74. The molecule has 1 rings (SSSR count). The Kier molecular flexibility index (Phi) is 7.26. The average molecular weight is 401 g/mol. The molecule has 27 heavy (non-hydrogen) atoms. The third-order valence-electron chi connectivity index (χ3n) is 4.46. The Balaban J connectivity index is 3.67. The first-order valence-electron chi connectivity index (χ1n) is 8.66. The van der Waals surface area contributed by atoms with Crippen molar-refractivity contribution in [2.45, 2.75) is 41.5 Å². The first-order chi connectivity index (χ1) is 12.2. The number of nitrogens with zero attached hydrogens (tertiary/aromatic N) is 1. The van der Waals surface area contributed by atoms with E-state index < -0.39 is 15.6 Å². The van der Waals surface area contributed by atoms with Gasteiger partial charge in [-0.05, 0) is 37.5 Å². The first kappa shape index (κ1) is 23.2. The van der Waals surface area contributed by atoms with Crippen LogP contribution in [0.1, 0.15) is 37.5 Å². The lowest BCUT2D eigenvalue weighted by Gasteiger charge is -2.30. The van der Waals surface area contributed by atoms with Gasteiger partial charge in [-0.15, -0.1) is 0 Å². The van der Waals surface area contributed by atoms with Gasteiger partial charge in [-0.1, -0.05) is 20.8 Å². The number of amides is 1. The second-order valence-corrected chi connectivity index (χ2v) is 9.03. The highest BCUT2D eigenvalue weighted by Crippen LogP contribution is 2.41. The molecule has 154 valence electrons. The normalized spacial score (nSPS) is 12.0. The van der Waals surface area contributed by atoms with Crippen molar-refractivity contribution < 1.29 is 17.9 Å². The van der Waals surface area contributed by atoms with E-state index in [1.807, 2.05) is 46.6 Å². The zero-order valence-corrected chi connectivity index (χ0v) is 18.3. The van der Waals surface area contributed by atoms with Crippen LogP contribution in [0.2, 0.25) is 0 Å². The molecule has 0 fully saturated rings. The molecule has 4 N–H and O–H groups in total. The summed E-state index contributed by atoms with van der Waals surface area (Å²) >= 11 is 0. The predicted octanol–water partition coefficient (Wildman–Crippen LogP) is 2.29. The highest BCUT2D eigenvalue weighted by atomic mass is 32.2. The molecule has 0 heterocycles. The van der Waals surface area contributed by atoms with Crippen molar-refractivity contribution in [1.29, 1.82) is 0 Å². The minimum atomic E-state index is -3.96. The van der Waals surface area contributed by atoms with Gasteiger partial charge in [0.2, 0.25) is 5.91 Å². The number of rotatable bonds is 7. The molecule has 0 aliphatic carbocycles. The summed E-state index contributed by atoms with van der Waals surface area (Å²) in [5.74, 6) is -0.170. The van der Waals surface area contributed by atoms with E-state index >= 15 is 0 Å². The fourth-order valence-corrected chi connectivity index (χ4v) is 3.29. The van der Waals surface area contributed by atoms with E-state index in [9.17, 15) is 13.2 Å². The Labute approximate surface area is 162 Å². The Morgan fingerprint density at radius 2 is 1.67 bits per heavy atom.